The van der Waals surface area contributed by atoms with Gasteiger partial charge in [0.25, 0.3) is 6.01 Å². The molecule has 2 heterocycles. The average Bonchev–Trinajstić information content (AvgIpc) is 3.03. The van der Waals surface area contributed by atoms with E-state index in [4.69, 9.17) is 14.6 Å². The van der Waals surface area contributed by atoms with E-state index in [1.54, 1.807) is 12.3 Å². The van der Waals surface area contributed by atoms with Crippen molar-refractivity contribution < 1.29 is 8.83 Å². The molecule has 0 saturated heterocycles. The Balaban J connectivity index is 1.92. The number of benzene rings is 1. The van der Waals surface area contributed by atoms with Gasteiger partial charge in [-0.2, -0.15) is 4.98 Å². The van der Waals surface area contributed by atoms with Crippen LogP contribution in [0.3, 0.4) is 0 Å². The largest absolute Gasteiger partial charge is 0.467 e. The van der Waals surface area contributed by atoms with Crippen LogP contribution in [0.25, 0.3) is 11.1 Å². The monoisotopic (exact) mass is 257 g/mol. The molecule has 0 aliphatic carbocycles. The molecule has 3 rings (SSSR count). The fourth-order valence-electron chi connectivity index (χ4n) is 1.97. The molecule has 19 heavy (non-hydrogen) atoms. The number of nitrogens with zero attached hydrogens (tertiary/aromatic N) is 2. The van der Waals surface area contributed by atoms with Crippen LogP contribution in [0.5, 0.6) is 0 Å². The minimum atomic E-state index is 0.583. The Morgan fingerprint density at radius 3 is 2.95 bits per heavy atom. The maximum Gasteiger partial charge on any atom is 0.298 e. The topological polar surface area (TPSA) is 68.4 Å². The molecule has 5 nitrogen and oxygen atoms in total. The molecule has 2 aromatic heterocycles. The lowest BCUT2D eigenvalue weighted by molar-refractivity contribution is 0.488. The quantitative estimate of drug-likeness (QED) is 0.727. The maximum absolute atomic E-state index is 5.74. The summed E-state index contributed by atoms with van der Waals surface area (Å²) in [6.07, 6.45) is 1.66. The Kier molecular flexibility index (Phi) is 2.87. The lowest BCUT2D eigenvalue weighted by Gasteiger charge is -2.16. The summed E-state index contributed by atoms with van der Waals surface area (Å²) in [5, 5.41) is 0. The van der Waals surface area contributed by atoms with E-state index in [2.05, 4.69) is 4.98 Å². The third-order valence-electron chi connectivity index (χ3n) is 2.98. The second kappa shape index (κ2) is 4.68. The van der Waals surface area contributed by atoms with Gasteiger partial charge in [0, 0.05) is 18.3 Å². The summed E-state index contributed by atoms with van der Waals surface area (Å²) in [6, 6.07) is 9.85. The smallest absolute Gasteiger partial charge is 0.298 e. The Morgan fingerprint density at radius 1 is 1.32 bits per heavy atom. The van der Waals surface area contributed by atoms with Gasteiger partial charge >= 0.3 is 0 Å². The number of hydrogen-bond donors (Lipinski definition) is 1. The molecule has 0 radical (unpaired) electrons. The summed E-state index contributed by atoms with van der Waals surface area (Å²) < 4.78 is 11.1. The first-order chi connectivity index (χ1) is 9.26. The normalized spacial score (nSPS) is 11.0. The Hall–Kier alpha value is -2.43. The zero-order valence-corrected chi connectivity index (χ0v) is 10.7. The molecule has 0 saturated carbocycles. The van der Waals surface area contributed by atoms with E-state index in [1.807, 2.05) is 36.1 Å². The highest BCUT2D eigenvalue weighted by Crippen LogP contribution is 2.24. The Labute approximate surface area is 110 Å². The van der Waals surface area contributed by atoms with Crippen LogP contribution in [0.1, 0.15) is 12.7 Å². The van der Waals surface area contributed by atoms with E-state index in [1.165, 1.54) is 0 Å². The van der Waals surface area contributed by atoms with Crippen LogP contribution in [0.2, 0.25) is 0 Å². The van der Waals surface area contributed by atoms with Crippen LogP contribution >= 0.6 is 0 Å². The first-order valence-corrected chi connectivity index (χ1v) is 6.19. The van der Waals surface area contributed by atoms with Crippen molar-refractivity contribution in [1.82, 2.24) is 4.98 Å². The van der Waals surface area contributed by atoms with Gasteiger partial charge in [-0.3, -0.25) is 0 Å². The van der Waals surface area contributed by atoms with Crippen molar-refractivity contribution in [3.63, 3.8) is 0 Å². The van der Waals surface area contributed by atoms with Crippen LogP contribution in [-0.4, -0.2) is 11.5 Å². The van der Waals surface area contributed by atoms with Gasteiger partial charge in [0.2, 0.25) is 0 Å². The molecule has 5 heteroatoms. The van der Waals surface area contributed by atoms with Crippen LogP contribution in [0, 0.1) is 0 Å². The van der Waals surface area contributed by atoms with E-state index in [0.717, 1.165) is 17.8 Å². The van der Waals surface area contributed by atoms with Gasteiger partial charge in [-0.25, -0.2) is 0 Å². The highest BCUT2D eigenvalue weighted by atomic mass is 16.4. The molecule has 0 unspecified atom stereocenters. The molecule has 2 N–H and O–H groups in total. The van der Waals surface area contributed by atoms with E-state index >= 15 is 0 Å². The number of rotatable bonds is 4. The van der Waals surface area contributed by atoms with Gasteiger partial charge in [-0.1, -0.05) is 0 Å². The average molecular weight is 257 g/mol. The highest BCUT2D eigenvalue weighted by molar-refractivity contribution is 5.78. The zero-order valence-electron chi connectivity index (χ0n) is 10.7. The molecule has 0 aliphatic heterocycles. The number of fused-ring (bicyclic) bond motifs is 1. The van der Waals surface area contributed by atoms with E-state index < -0.39 is 0 Å². The van der Waals surface area contributed by atoms with E-state index in [-0.39, 0.29) is 0 Å². The molecule has 3 aromatic rings. The third-order valence-corrected chi connectivity index (χ3v) is 2.98. The number of nitrogen functional groups attached to an aromatic ring is 1. The molecular weight excluding hydrogens is 242 g/mol. The summed E-state index contributed by atoms with van der Waals surface area (Å²) in [5.74, 6) is 0.878. The van der Waals surface area contributed by atoms with Gasteiger partial charge in [0.15, 0.2) is 5.58 Å². The molecule has 0 spiro atoms. The van der Waals surface area contributed by atoms with Gasteiger partial charge in [-0.15, -0.1) is 0 Å². The van der Waals surface area contributed by atoms with Gasteiger partial charge in [-0.05, 0) is 31.2 Å². The minimum absolute atomic E-state index is 0.583. The van der Waals surface area contributed by atoms with Crippen molar-refractivity contribution in [3.8, 4) is 0 Å². The number of aromatic nitrogens is 1. The molecule has 0 amide bonds. The maximum atomic E-state index is 5.74. The van der Waals surface area contributed by atoms with Crippen molar-refractivity contribution in [1.29, 1.82) is 0 Å². The molecule has 0 atom stereocenters. The summed E-state index contributed by atoms with van der Waals surface area (Å²) >= 11 is 0. The summed E-state index contributed by atoms with van der Waals surface area (Å²) in [4.78, 5) is 6.48. The number of anilines is 2. The van der Waals surface area contributed by atoms with Crippen molar-refractivity contribution in [2.45, 2.75) is 13.5 Å². The number of oxazole rings is 1. The fraction of sp³-hybridized carbons (Fsp3) is 0.214. The second-order valence-electron chi connectivity index (χ2n) is 4.32. The van der Waals surface area contributed by atoms with Crippen LogP contribution < -0.4 is 10.6 Å². The Bertz CT molecular complexity index is 673. The van der Waals surface area contributed by atoms with Crippen LogP contribution in [0.4, 0.5) is 11.7 Å². The highest BCUT2D eigenvalue weighted by Gasteiger charge is 2.14. The molecule has 0 aliphatic rings. The third kappa shape index (κ3) is 2.27. The lowest BCUT2D eigenvalue weighted by Crippen LogP contribution is -2.21. The van der Waals surface area contributed by atoms with E-state index in [9.17, 15) is 0 Å². The molecule has 98 valence electrons. The second-order valence-corrected chi connectivity index (χ2v) is 4.32. The lowest BCUT2D eigenvalue weighted by atomic mass is 10.3. The number of furan rings is 1. The van der Waals surface area contributed by atoms with Gasteiger partial charge in [0.1, 0.15) is 11.3 Å². The predicted octanol–water partition coefficient (Wildman–Crippen LogP) is 3.03. The standard InChI is InChI=1S/C14H15N3O2/c1-2-17(9-11-4-3-7-18-11)14-16-12-6-5-10(15)8-13(12)19-14/h3-8H,2,9,15H2,1H3. The number of hydrogen-bond acceptors (Lipinski definition) is 5. The van der Waals surface area contributed by atoms with E-state index in [0.29, 0.717) is 23.8 Å². The predicted molar refractivity (Wildman–Crippen MR) is 73.9 cm³/mol. The Morgan fingerprint density at radius 2 is 2.21 bits per heavy atom. The van der Waals surface area contributed by atoms with Crippen LogP contribution in [-0.2, 0) is 6.54 Å². The SMILES string of the molecule is CCN(Cc1ccco1)c1nc2ccc(N)cc2o1. The van der Waals surface area contributed by atoms with Crippen molar-refractivity contribution >= 4 is 22.8 Å². The minimum Gasteiger partial charge on any atom is -0.467 e. The molecular formula is C14H15N3O2. The van der Waals surface area contributed by atoms with Crippen molar-refractivity contribution in [2.75, 3.05) is 17.2 Å². The van der Waals surface area contributed by atoms with Gasteiger partial charge < -0.3 is 19.5 Å². The molecule has 1 aromatic carbocycles. The summed E-state index contributed by atoms with van der Waals surface area (Å²) in [5.41, 5.74) is 7.91. The van der Waals surface area contributed by atoms with Crippen LogP contribution in [0.15, 0.2) is 45.4 Å². The molecule has 0 bridgehead atoms. The van der Waals surface area contributed by atoms with Crippen molar-refractivity contribution in [3.05, 3.63) is 42.4 Å². The van der Waals surface area contributed by atoms with Crippen molar-refractivity contribution in [2.24, 2.45) is 0 Å². The zero-order chi connectivity index (χ0) is 13.2. The summed E-state index contributed by atoms with van der Waals surface area (Å²) in [7, 11) is 0. The summed E-state index contributed by atoms with van der Waals surface area (Å²) in [6.45, 7) is 3.46. The number of nitrogens with two attached hydrogens (primary N) is 1. The first kappa shape index (κ1) is 11.6. The molecule has 0 fully saturated rings. The fourth-order valence-corrected chi connectivity index (χ4v) is 1.97. The first-order valence-electron chi connectivity index (χ1n) is 6.19. The van der Waals surface area contributed by atoms with Gasteiger partial charge in [0.05, 0.1) is 12.8 Å².